The van der Waals surface area contributed by atoms with Crippen LogP contribution in [0.2, 0.25) is 14.8 Å². The molecule has 0 nitrogen and oxygen atoms in total. The van der Waals surface area contributed by atoms with Crippen molar-refractivity contribution in [1.29, 1.82) is 0 Å². The summed E-state index contributed by atoms with van der Waals surface area (Å²) >= 11 is 32.3. The van der Waals surface area contributed by atoms with Gasteiger partial charge in [-0.05, 0) is 114 Å². The third-order valence-electron chi connectivity index (χ3n) is 11.5. The molecule has 0 saturated heterocycles. The number of benzene rings is 2. The second-order valence-electron chi connectivity index (χ2n) is 16.7. The van der Waals surface area contributed by atoms with Crippen molar-refractivity contribution in [2.75, 3.05) is 0 Å². The van der Waals surface area contributed by atoms with Crippen LogP contribution in [0, 0.1) is 0 Å². The molecule has 0 saturated carbocycles. The predicted molar refractivity (Wildman–Crippen MR) is 331 cm³/mol. The maximum absolute atomic E-state index is 3.66. The van der Waals surface area contributed by atoms with Gasteiger partial charge in [0.2, 0.25) is 0 Å². The average Bonchev–Trinajstić information content (AvgIpc) is 4.09. The van der Waals surface area contributed by atoms with Gasteiger partial charge in [0.25, 0.3) is 0 Å². The van der Waals surface area contributed by atoms with Crippen molar-refractivity contribution in [3.63, 3.8) is 0 Å². The first-order chi connectivity index (χ1) is 32.1. The van der Waals surface area contributed by atoms with Crippen molar-refractivity contribution in [3.8, 4) is 19.5 Å². The van der Waals surface area contributed by atoms with Crippen molar-refractivity contribution in [2.45, 2.75) is 14.8 Å². The van der Waals surface area contributed by atoms with Crippen LogP contribution in [-0.2, 0) is 0 Å². The van der Waals surface area contributed by atoms with Gasteiger partial charge in [-0.2, -0.15) is 0 Å². The smallest absolute Gasteiger partial charge is 0.0542 e. The van der Waals surface area contributed by atoms with E-state index in [0.29, 0.717) is 0 Å². The van der Waals surface area contributed by atoms with E-state index in [1.54, 1.807) is 2.89 Å². The number of halogens is 2. The first-order valence-electron chi connectivity index (χ1n) is 20.4. The van der Waals surface area contributed by atoms with E-state index in [-0.39, 0.29) is 0 Å². The van der Waals surface area contributed by atoms with Crippen molar-refractivity contribution in [2.24, 2.45) is 0 Å². The first-order valence-corrected chi connectivity index (χ1v) is 43.7. The van der Waals surface area contributed by atoms with Crippen LogP contribution < -0.4 is 2.89 Å². The molecule has 14 heterocycles. The zero-order valence-electron chi connectivity index (χ0n) is 34.3. The van der Waals surface area contributed by atoms with Crippen LogP contribution in [0.4, 0.5) is 0 Å². The quantitative estimate of drug-likeness (QED) is 0.155. The van der Waals surface area contributed by atoms with Crippen LogP contribution in [0.1, 0.15) is 0 Å². The molecule has 66 heavy (non-hydrogen) atoms. The summed E-state index contributed by atoms with van der Waals surface area (Å²) in [5.41, 5.74) is 0. The van der Waals surface area contributed by atoms with Gasteiger partial charge in [0.05, 0.1) is 35.8 Å². The van der Waals surface area contributed by atoms with Crippen molar-refractivity contribution < 1.29 is 0 Å². The topological polar surface area (TPSA) is 0 Å². The van der Waals surface area contributed by atoms with E-state index in [4.69, 9.17) is 0 Å². The van der Waals surface area contributed by atoms with Crippen molar-refractivity contribution in [3.05, 3.63) is 107 Å². The summed E-state index contributed by atoms with van der Waals surface area (Å²) in [6, 6.07) is 28.0. The van der Waals surface area contributed by atoms with E-state index in [1.165, 1.54) is 135 Å². The van der Waals surface area contributed by atoms with Gasteiger partial charge in [-0.3, -0.25) is 0 Å². The van der Waals surface area contributed by atoms with E-state index in [1.807, 2.05) is 159 Å². The zero-order chi connectivity index (χ0) is 44.2. The first kappa shape index (κ1) is 43.6. The molecule has 2 aromatic carbocycles. The monoisotopic (exact) mass is 1340 g/mol. The number of hydrogen-bond acceptors (Lipinski definition) is 14. The molecule has 0 spiro atoms. The minimum absolute atomic E-state index is 1.21. The average molecular weight is 1340 g/mol. The Morgan fingerprint density at radius 2 is 0.712 bits per heavy atom. The Balaban J connectivity index is 0.000000109. The molecule has 0 N–H and O–H groups in total. The molecule has 14 aromatic heterocycles. The van der Waals surface area contributed by atoms with E-state index >= 15 is 0 Å². The summed E-state index contributed by atoms with van der Waals surface area (Å²) in [6.45, 7) is 0. The minimum atomic E-state index is -1.75. The van der Waals surface area contributed by atoms with E-state index in [0.717, 1.165) is 0 Å². The van der Waals surface area contributed by atoms with Crippen LogP contribution in [-0.4, -0.2) is 18.4 Å². The number of rotatable bonds is 3. The molecule has 16 rings (SSSR count). The van der Waals surface area contributed by atoms with E-state index in [9.17, 15) is 0 Å². The third kappa shape index (κ3) is 7.19. The molecule has 17 heteroatoms. The summed E-state index contributed by atoms with van der Waals surface area (Å²) in [5.74, 6) is 0. The maximum atomic E-state index is 3.66. The Morgan fingerprint density at radius 3 is 1.24 bits per heavy atom. The second-order valence-corrected chi connectivity index (χ2v) is 49.1. The SMILES string of the molecule is Brc1cc2c(s1)c1sc(Br)cc1c1c3sccc3sc21.[CH3][Sn]([CH3])([CH3])[c]1cc2sccc2s1.c1cc2sc(-c3cc4c(s3)c3sc(-c5cc6sccc6s5)cc3c3c5sccc5sc43)cc2s1. The molecule has 0 aliphatic rings. The van der Waals surface area contributed by atoms with Crippen LogP contribution in [0.25, 0.3) is 127 Å². The molecule has 0 unspecified atom stereocenters. The normalized spacial score (nSPS) is 12.6. The van der Waals surface area contributed by atoms with Crippen LogP contribution >= 0.6 is 191 Å². The van der Waals surface area contributed by atoms with Gasteiger partial charge >= 0.3 is 85.7 Å². The van der Waals surface area contributed by atoms with Gasteiger partial charge in [-0.1, -0.05) is 0 Å². The summed E-state index contributed by atoms with van der Waals surface area (Å²) in [6.07, 6.45) is 0. The number of thiophene rings is 14. The van der Waals surface area contributed by atoms with Crippen LogP contribution in [0.15, 0.2) is 107 Å². The molecule has 324 valence electrons. The molecule has 0 radical (unpaired) electrons. The van der Waals surface area contributed by atoms with E-state index in [2.05, 4.69) is 146 Å². The molecule has 16 aromatic rings. The fourth-order valence-electron chi connectivity index (χ4n) is 8.56. The Kier molecular flexibility index (Phi) is 11.1. The largest absolute Gasteiger partial charge is 0.143 e. The molecule has 0 amide bonds. The van der Waals surface area contributed by atoms with Gasteiger partial charge in [-0.25, -0.2) is 0 Å². The Bertz CT molecular complexity index is 4420. The Hall–Kier alpha value is -1.14. The summed E-state index contributed by atoms with van der Waals surface area (Å²) < 4.78 is 27.0. The molecule has 0 aliphatic carbocycles. The van der Waals surface area contributed by atoms with Crippen molar-refractivity contribution in [1.82, 2.24) is 0 Å². The molecule has 0 fully saturated rings. The summed E-state index contributed by atoms with van der Waals surface area (Å²) in [7, 11) is 0. The number of fused-ring (bicyclic) bond motifs is 19. The third-order valence-corrected chi connectivity index (χ3v) is 38.0. The molecular weight excluding hydrogens is 1320 g/mol. The molecule has 0 aliphatic heterocycles. The van der Waals surface area contributed by atoms with Gasteiger partial charge < -0.3 is 0 Å². The van der Waals surface area contributed by atoms with Crippen molar-refractivity contribution >= 4 is 319 Å². The van der Waals surface area contributed by atoms with Gasteiger partial charge in [-0.15, -0.1) is 136 Å². The van der Waals surface area contributed by atoms with E-state index < -0.39 is 18.4 Å². The fourth-order valence-corrected chi connectivity index (χ4v) is 31.4. The second kappa shape index (κ2) is 16.7. The summed E-state index contributed by atoms with van der Waals surface area (Å²) in [4.78, 5) is 13.0. The van der Waals surface area contributed by atoms with Crippen LogP contribution in [0.3, 0.4) is 0 Å². The van der Waals surface area contributed by atoms with Gasteiger partial charge in [0.1, 0.15) is 0 Å². The standard InChI is InChI=1S/C26H10S8.C14H4Br2S4.C6H3S2.3CH3.Sn/c1-4-27-16-9-20(30-13(1)16)18-7-11-22-23(32-15-3-6-29-26(15)22)12-8-19(34-25(12)24(11)33-18)21-10-17-14(31-21)2-5-28-17;15-8-3-5-10-11(18-7-1-2-17-14(7)10)6-4-9(16)20-13(6)12(5)19-8;1-3-7-6-2-4-8-5(1)6;;;;/h1-10H;1-4H;1-3H;3*1H3;. The molecule has 0 atom stereocenters. The Labute approximate surface area is 454 Å². The van der Waals surface area contributed by atoms with Gasteiger partial charge in [0, 0.05) is 89.4 Å². The van der Waals surface area contributed by atoms with Gasteiger partial charge in [0.15, 0.2) is 0 Å². The fraction of sp³-hybridized carbons (Fsp3) is 0.0612. The molecular formula is C49H26Br2S14Sn. The molecule has 0 bridgehead atoms. The zero-order valence-corrected chi connectivity index (χ0v) is 51.7. The number of hydrogen-bond donors (Lipinski definition) is 0. The Morgan fingerprint density at radius 1 is 0.318 bits per heavy atom. The van der Waals surface area contributed by atoms with Crippen LogP contribution in [0.5, 0.6) is 0 Å². The maximum Gasteiger partial charge on any atom is 0.0542 e. The summed E-state index contributed by atoms with van der Waals surface area (Å²) in [5, 5.41) is 19.6. The predicted octanol–water partition coefficient (Wildman–Crippen LogP) is 24.0. The minimum Gasteiger partial charge on any atom is -0.143 e.